The summed E-state index contributed by atoms with van der Waals surface area (Å²) in [4.78, 5) is 18.7. The van der Waals surface area contributed by atoms with Crippen molar-refractivity contribution in [3.8, 4) is 0 Å². The molecular formula is C15H21N3O3S. The van der Waals surface area contributed by atoms with E-state index < -0.39 is 10.0 Å². The van der Waals surface area contributed by atoms with Crippen LogP contribution in [0.25, 0.3) is 0 Å². The fourth-order valence-electron chi connectivity index (χ4n) is 3.37. The smallest absolute Gasteiger partial charge is 0.228 e. The molecule has 2 atom stereocenters. The first-order chi connectivity index (χ1) is 10.4. The molecule has 1 aromatic heterocycles. The molecule has 6 nitrogen and oxygen atoms in total. The van der Waals surface area contributed by atoms with E-state index in [4.69, 9.17) is 0 Å². The second kappa shape index (κ2) is 5.96. The van der Waals surface area contributed by atoms with Crippen LogP contribution in [0.3, 0.4) is 0 Å². The molecule has 4 heterocycles. The van der Waals surface area contributed by atoms with Crippen LogP contribution >= 0.6 is 0 Å². The molecule has 3 aliphatic heterocycles. The Kier molecular flexibility index (Phi) is 4.18. The third kappa shape index (κ3) is 3.30. The van der Waals surface area contributed by atoms with Crippen LogP contribution in [0.5, 0.6) is 0 Å². The van der Waals surface area contributed by atoms with Crippen molar-refractivity contribution in [1.82, 2.24) is 14.2 Å². The number of nitrogens with zero attached hydrogens (tertiary/aromatic N) is 3. The zero-order chi connectivity index (χ0) is 15.7. The van der Waals surface area contributed by atoms with Crippen LogP contribution < -0.4 is 0 Å². The predicted molar refractivity (Wildman–Crippen MR) is 82.6 cm³/mol. The highest BCUT2D eigenvalue weighted by Gasteiger charge is 2.39. The summed E-state index contributed by atoms with van der Waals surface area (Å²) in [6.07, 6.45) is 5.08. The van der Waals surface area contributed by atoms with Crippen molar-refractivity contribution in [1.29, 1.82) is 0 Å². The third-order valence-electron chi connectivity index (χ3n) is 4.53. The Hall–Kier alpha value is -1.47. The summed E-state index contributed by atoms with van der Waals surface area (Å²) in [6, 6.07) is 5.53. The molecule has 3 saturated heterocycles. The number of piperidine rings is 1. The molecule has 3 aliphatic rings. The van der Waals surface area contributed by atoms with Gasteiger partial charge < -0.3 is 4.90 Å². The number of amides is 1. The van der Waals surface area contributed by atoms with Crippen LogP contribution in [0.4, 0.5) is 0 Å². The Morgan fingerprint density at radius 2 is 2.09 bits per heavy atom. The number of carbonyl (C=O) groups excluding carboxylic acids is 1. The lowest BCUT2D eigenvalue weighted by Gasteiger charge is -2.36. The predicted octanol–water partition coefficient (Wildman–Crippen LogP) is 0.507. The number of aromatic nitrogens is 1. The van der Waals surface area contributed by atoms with Crippen LogP contribution in [-0.2, 0) is 21.2 Å². The van der Waals surface area contributed by atoms with Gasteiger partial charge in [-0.2, -0.15) is 4.31 Å². The molecule has 0 aliphatic carbocycles. The summed E-state index contributed by atoms with van der Waals surface area (Å²) in [5, 5.41) is 0. The van der Waals surface area contributed by atoms with E-state index in [1.165, 1.54) is 10.6 Å². The minimum Gasteiger partial charge on any atom is -0.338 e. The van der Waals surface area contributed by atoms with Gasteiger partial charge in [-0.15, -0.1) is 0 Å². The highest BCUT2D eigenvalue weighted by atomic mass is 32.2. The Morgan fingerprint density at radius 3 is 2.77 bits per heavy atom. The minimum absolute atomic E-state index is 0.00955. The second-order valence-electron chi connectivity index (χ2n) is 6.22. The number of fused-ring (bicyclic) bond motifs is 4. The van der Waals surface area contributed by atoms with Gasteiger partial charge in [0.1, 0.15) is 0 Å². The molecule has 0 unspecified atom stereocenters. The topological polar surface area (TPSA) is 70.6 Å². The summed E-state index contributed by atoms with van der Waals surface area (Å²) < 4.78 is 25.2. The highest BCUT2D eigenvalue weighted by molar-refractivity contribution is 7.88. The average Bonchev–Trinajstić information content (AvgIpc) is 2.80. The van der Waals surface area contributed by atoms with Gasteiger partial charge >= 0.3 is 0 Å². The standard InChI is InChI=1S/C15H21N3O3S/c1-22(20,21)17-9-12-5-6-14(11-17)18(10-12)15(19)8-13-4-2-3-7-16-13/h2-4,7,12,14H,5-6,8-11H2,1H3/t12-,14+/m1/s1. The molecule has 3 fully saturated rings. The fraction of sp³-hybridized carbons (Fsp3) is 0.600. The first-order valence-electron chi connectivity index (χ1n) is 7.58. The lowest BCUT2D eigenvalue weighted by atomic mass is 9.94. The van der Waals surface area contributed by atoms with E-state index in [0.29, 0.717) is 19.6 Å². The molecule has 22 heavy (non-hydrogen) atoms. The van der Waals surface area contributed by atoms with Gasteiger partial charge in [0, 0.05) is 37.6 Å². The first-order valence-corrected chi connectivity index (χ1v) is 9.43. The van der Waals surface area contributed by atoms with Gasteiger partial charge in [0.25, 0.3) is 0 Å². The fourth-order valence-corrected chi connectivity index (χ4v) is 4.30. The molecule has 0 N–H and O–H groups in total. The van der Waals surface area contributed by atoms with E-state index >= 15 is 0 Å². The molecule has 0 aromatic carbocycles. The number of pyridine rings is 1. The van der Waals surface area contributed by atoms with Crippen molar-refractivity contribution in [3.63, 3.8) is 0 Å². The molecule has 7 heteroatoms. The van der Waals surface area contributed by atoms with Crippen molar-refractivity contribution >= 4 is 15.9 Å². The normalized spacial score (nSPS) is 26.0. The van der Waals surface area contributed by atoms with Gasteiger partial charge in [-0.05, 0) is 30.9 Å². The molecule has 2 bridgehead atoms. The van der Waals surface area contributed by atoms with Crippen LogP contribution in [0.15, 0.2) is 24.4 Å². The van der Waals surface area contributed by atoms with Crippen LogP contribution in [-0.4, -0.2) is 60.4 Å². The average molecular weight is 323 g/mol. The molecule has 0 spiro atoms. The molecule has 1 aromatic rings. The number of carbonyl (C=O) groups is 1. The molecular weight excluding hydrogens is 302 g/mol. The Balaban J connectivity index is 1.74. The Morgan fingerprint density at radius 1 is 1.27 bits per heavy atom. The van der Waals surface area contributed by atoms with E-state index in [0.717, 1.165) is 18.5 Å². The summed E-state index contributed by atoms with van der Waals surface area (Å²) in [7, 11) is -3.20. The summed E-state index contributed by atoms with van der Waals surface area (Å²) in [5.74, 6) is 0.282. The summed E-state index contributed by atoms with van der Waals surface area (Å²) >= 11 is 0. The van der Waals surface area contributed by atoms with Crippen LogP contribution in [0.1, 0.15) is 18.5 Å². The number of hydrogen-bond donors (Lipinski definition) is 0. The maximum absolute atomic E-state index is 12.6. The second-order valence-corrected chi connectivity index (χ2v) is 8.20. The van der Waals surface area contributed by atoms with Crippen molar-refractivity contribution in [2.75, 3.05) is 25.9 Å². The van der Waals surface area contributed by atoms with Crippen molar-refractivity contribution in [3.05, 3.63) is 30.1 Å². The minimum atomic E-state index is -3.20. The van der Waals surface area contributed by atoms with Gasteiger partial charge in [0.05, 0.1) is 12.7 Å². The molecule has 0 saturated carbocycles. The zero-order valence-electron chi connectivity index (χ0n) is 12.7. The molecule has 4 rings (SSSR count). The zero-order valence-corrected chi connectivity index (χ0v) is 13.5. The van der Waals surface area contributed by atoms with Crippen molar-refractivity contribution in [2.24, 2.45) is 5.92 Å². The maximum Gasteiger partial charge on any atom is 0.228 e. The number of sulfonamides is 1. The Labute approximate surface area is 131 Å². The first kappa shape index (κ1) is 15.4. The summed E-state index contributed by atoms with van der Waals surface area (Å²) in [6.45, 7) is 1.61. The maximum atomic E-state index is 12.6. The molecule has 1 amide bonds. The highest BCUT2D eigenvalue weighted by Crippen LogP contribution is 2.29. The van der Waals surface area contributed by atoms with Gasteiger partial charge in [-0.25, -0.2) is 8.42 Å². The van der Waals surface area contributed by atoms with Gasteiger partial charge in [-0.3, -0.25) is 9.78 Å². The van der Waals surface area contributed by atoms with Gasteiger partial charge in [0.15, 0.2) is 0 Å². The van der Waals surface area contributed by atoms with Crippen molar-refractivity contribution in [2.45, 2.75) is 25.3 Å². The molecule has 0 radical (unpaired) electrons. The molecule has 120 valence electrons. The van der Waals surface area contributed by atoms with E-state index in [2.05, 4.69) is 4.98 Å². The largest absolute Gasteiger partial charge is 0.338 e. The summed E-state index contributed by atoms with van der Waals surface area (Å²) in [5.41, 5.74) is 0.757. The monoisotopic (exact) mass is 323 g/mol. The van der Waals surface area contributed by atoms with E-state index in [9.17, 15) is 13.2 Å². The SMILES string of the molecule is CS(=O)(=O)N1C[C@H]2CC[C@@H](C1)N(C(=O)Cc1ccccn1)C2. The third-order valence-corrected chi connectivity index (χ3v) is 5.76. The Bertz CT molecular complexity index is 647. The van der Waals surface area contributed by atoms with Gasteiger partial charge in [0.2, 0.25) is 15.9 Å². The van der Waals surface area contributed by atoms with Crippen LogP contribution in [0, 0.1) is 5.92 Å². The number of hydrogen-bond acceptors (Lipinski definition) is 4. The van der Waals surface area contributed by atoms with Gasteiger partial charge in [-0.1, -0.05) is 6.07 Å². The van der Waals surface area contributed by atoms with E-state index in [1.807, 2.05) is 23.1 Å². The van der Waals surface area contributed by atoms with E-state index in [-0.39, 0.29) is 24.3 Å². The quantitative estimate of drug-likeness (QED) is 0.812. The van der Waals surface area contributed by atoms with E-state index in [1.54, 1.807) is 6.20 Å². The van der Waals surface area contributed by atoms with Crippen LogP contribution in [0.2, 0.25) is 0 Å². The lowest BCUT2D eigenvalue weighted by Crippen LogP contribution is -2.48. The van der Waals surface area contributed by atoms with Crippen molar-refractivity contribution < 1.29 is 13.2 Å². The lowest BCUT2D eigenvalue weighted by molar-refractivity contribution is -0.134. The number of rotatable bonds is 3.